The molecule has 0 fully saturated rings. The highest BCUT2D eigenvalue weighted by Crippen LogP contribution is 2.38. The van der Waals surface area contributed by atoms with Gasteiger partial charge in [-0.05, 0) is 17.2 Å². The summed E-state index contributed by atoms with van der Waals surface area (Å²) in [6.07, 6.45) is -0.955. The Labute approximate surface area is 181 Å². The predicted molar refractivity (Wildman–Crippen MR) is 130 cm³/mol. The maximum atomic E-state index is 10.3. The Bertz CT molecular complexity index is 1020. The van der Waals surface area contributed by atoms with Crippen LogP contribution in [0.1, 0.15) is 26.3 Å². The lowest BCUT2D eigenvalue weighted by Crippen LogP contribution is -2.63. The van der Waals surface area contributed by atoms with Crippen LogP contribution in [-0.2, 0) is 0 Å². The van der Waals surface area contributed by atoms with Crippen molar-refractivity contribution in [2.45, 2.75) is 38.0 Å². The maximum Gasteiger partial charge on any atom is 0.176 e. The van der Waals surface area contributed by atoms with E-state index in [9.17, 15) is 5.11 Å². The molecule has 0 aliphatic carbocycles. The van der Waals surface area contributed by atoms with Crippen LogP contribution in [0.3, 0.4) is 0 Å². The molecule has 0 aliphatic heterocycles. The smallest absolute Gasteiger partial charge is 0.176 e. The molecule has 0 aromatic heterocycles. The topological polar surface area (TPSA) is 20.2 Å². The van der Waals surface area contributed by atoms with Crippen LogP contribution in [0, 0.1) is 23.7 Å². The van der Waals surface area contributed by atoms with E-state index in [2.05, 4.69) is 105 Å². The van der Waals surface area contributed by atoms with E-state index in [1.165, 1.54) is 10.4 Å². The van der Waals surface area contributed by atoms with E-state index in [-0.39, 0.29) is 5.04 Å². The van der Waals surface area contributed by atoms with Crippen LogP contribution in [-0.4, -0.2) is 19.3 Å². The molecule has 0 heterocycles. The molecule has 0 aliphatic rings. The number of hydrogen-bond donors (Lipinski definition) is 1. The van der Waals surface area contributed by atoms with Gasteiger partial charge in [-0.1, -0.05) is 128 Å². The molecule has 3 aromatic rings. The van der Waals surface area contributed by atoms with Crippen LogP contribution >= 0.6 is 0 Å². The summed E-state index contributed by atoms with van der Waals surface area (Å²) in [6, 6.07) is 31.9. The first-order valence-electron chi connectivity index (χ1n) is 10.3. The molecule has 150 valence electrons. The second-order valence-electron chi connectivity index (χ2n) is 8.42. The van der Waals surface area contributed by atoms with Crippen molar-refractivity contribution in [1.82, 2.24) is 0 Å². The average molecular weight is 409 g/mol. The van der Waals surface area contributed by atoms with Crippen LogP contribution in [0.2, 0.25) is 11.1 Å². The van der Waals surface area contributed by atoms with Gasteiger partial charge >= 0.3 is 0 Å². The molecular weight excluding hydrogens is 380 g/mol. The lowest BCUT2D eigenvalue weighted by Gasteiger charge is -2.43. The molecule has 1 atom stereocenters. The van der Waals surface area contributed by atoms with Gasteiger partial charge in [0.25, 0.3) is 0 Å². The van der Waals surface area contributed by atoms with E-state index in [0.29, 0.717) is 0 Å². The number of rotatable bonds is 3. The molecule has 0 amide bonds. The van der Waals surface area contributed by atoms with Crippen LogP contribution in [0.5, 0.6) is 0 Å². The molecule has 0 spiro atoms. The zero-order chi connectivity index (χ0) is 21.5. The van der Waals surface area contributed by atoms with E-state index in [1.807, 2.05) is 30.3 Å². The quantitative estimate of drug-likeness (QED) is 0.501. The predicted octanol–water partition coefficient (Wildman–Crippen LogP) is 4.47. The monoisotopic (exact) mass is 408 g/mol. The normalized spacial score (nSPS) is 12.1. The van der Waals surface area contributed by atoms with E-state index in [1.54, 1.807) is 0 Å². The van der Waals surface area contributed by atoms with Crippen molar-refractivity contribution < 1.29 is 5.11 Å². The number of aliphatic hydroxyl groups is 1. The van der Waals surface area contributed by atoms with Crippen LogP contribution in [0.15, 0.2) is 91.0 Å². The van der Waals surface area contributed by atoms with Crippen molar-refractivity contribution in [2.75, 3.05) is 0 Å². The van der Waals surface area contributed by atoms with Crippen molar-refractivity contribution in [3.8, 4) is 23.7 Å². The van der Waals surface area contributed by atoms with E-state index < -0.39 is 14.2 Å². The standard InChI is InChI=1S/C28H28OSi/c1-28(2,3)30(26-17-9-5-10-18-26,27-19-11-6-12-20-27)23-13-16-25(29)22-21-24-14-7-4-8-15-24/h4-12,14-15,17-20,25,29H,23H2,1-3H3. The molecule has 30 heavy (non-hydrogen) atoms. The summed E-state index contributed by atoms with van der Waals surface area (Å²) < 4.78 is 0. The summed E-state index contributed by atoms with van der Waals surface area (Å²) >= 11 is 0. The van der Waals surface area contributed by atoms with E-state index in [4.69, 9.17) is 0 Å². The molecule has 0 saturated heterocycles. The third-order valence-corrected chi connectivity index (χ3v) is 11.4. The molecule has 2 heteroatoms. The Kier molecular flexibility index (Phi) is 6.96. The van der Waals surface area contributed by atoms with Gasteiger partial charge in [-0.3, -0.25) is 0 Å². The van der Waals surface area contributed by atoms with Gasteiger partial charge in [0.1, 0.15) is 8.07 Å². The summed E-state index contributed by atoms with van der Waals surface area (Å²) in [4.78, 5) is 0. The zero-order valence-corrected chi connectivity index (χ0v) is 18.9. The molecule has 0 bridgehead atoms. The molecule has 1 N–H and O–H groups in total. The summed E-state index contributed by atoms with van der Waals surface area (Å²) in [7, 11) is -2.24. The Morgan fingerprint density at radius 2 is 1.20 bits per heavy atom. The average Bonchev–Trinajstić information content (AvgIpc) is 2.76. The van der Waals surface area contributed by atoms with Crippen molar-refractivity contribution >= 4 is 18.4 Å². The number of benzene rings is 3. The fraction of sp³-hybridized carbons (Fsp3) is 0.214. The fourth-order valence-electron chi connectivity index (χ4n) is 3.94. The maximum absolute atomic E-state index is 10.3. The molecule has 3 aromatic carbocycles. The van der Waals surface area contributed by atoms with Crippen LogP contribution in [0.25, 0.3) is 0 Å². The number of aliphatic hydroxyl groups excluding tert-OH is 1. The lowest BCUT2D eigenvalue weighted by molar-refractivity contribution is 0.289. The van der Waals surface area contributed by atoms with Gasteiger partial charge in [0, 0.05) is 11.6 Å². The number of hydrogen-bond acceptors (Lipinski definition) is 1. The van der Waals surface area contributed by atoms with Gasteiger partial charge in [0.05, 0.1) is 0 Å². The highest BCUT2D eigenvalue weighted by molar-refractivity contribution is 7.04. The third-order valence-electron chi connectivity index (χ3n) is 5.53. The van der Waals surface area contributed by atoms with Crippen molar-refractivity contribution in [2.24, 2.45) is 0 Å². The summed E-state index contributed by atoms with van der Waals surface area (Å²) in [5.74, 6) is 12.2. The molecule has 1 nitrogen and oxygen atoms in total. The largest absolute Gasteiger partial charge is 0.369 e. The van der Waals surface area contributed by atoms with Crippen LogP contribution in [0.4, 0.5) is 0 Å². The Morgan fingerprint density at radius 3 is 1.67 bits per heavy atom. The Hall–Kier alpha value is -3.04. The molecule has 1 unspecified atom stereocenters. The summed E-state index contributed by atoms with van der Waals surface area (Å²) in [5, 5.41) is 13.1. The molecule has 0 saturated carbocycles. The van der Waals surface area contributed by atoms with Gasteiger partial charge in [-0.15, -0.1) is 5.92 Å². The first kappa shape index (κ1) is 21.7. The lowest BCUT2D eigenvalue weighted by atomic mass is 10.2. The first-order valence-corrected chi connectivity index (χ1v) is 12.5. The second-order valence-corrected chi connectivity index (χ2v) is 13.2. The van der Waals surface area contributed by atoms with Gasteiger partial charge in [0.15, 0.2) is 6.10 Å². The zero-order valence-electron chi connectivity index (χ0n) is 17.9. The Morgan fingerprint density at radius 1 is 0.733 bits per heavy atom. The summed E-state index contributed by atoms with van der Waals surface area (Å²) in [6.45, 7) is 6.94. The van der Waals surface area contributed by atoms with Gasteiger partial charge in [0.2, 0.25) is 0 Å². The fourth-order valence-corrected chi connectivity index (χ4v) is 8.83. The minimum atomic E-state index is -2.24. The van der Waals surface area contributed by atoms with Crippen LogP contribution < -0.4 is 10.4 Å². The minimum absolute atomic E-state index is 0.0467. The summed E-state index contributed by atoms with van der Waals surface area (Å²) in [5.41, 5.74) is 0.880. The molecular formula is C28H28OSi. The SMILES string of the molecule is CC(C)(C)[Si](CC#CC(O)C#Cc1ccccc1)(c1ccccc1)c1ccccc1. The highest BCUT2D eigenvalue weighted by atomic mass is 28.3. The van der Waals surface area contributed by atoms with E-state index >= 15 is 0 Å². The van der Waals surface area contributed by atoms with Crippen molar-refractivity contribution in [3.05, 3.63) is 96.6 Å². The molecule has 0 radical (unpaired) electrons. The van der Waals surface area contributed by atoms with Gasteiger partial charge < -0.3 is 5.11 Å². The minimum Gasteiger partial charge on any atom is -0.369 e. The molecule has 3 rings (SSSR count). The first-order chi connectivity index (χ1) is 14.4. The Balaban J connectivity index is 1.97. The van der Waals surface area contributed by atoms with Gasteiger partial charge in [-0.2, -0.15) is 0 Å². The second kappa shape index (κ2) is 9.64. The van der Waals surface area contributed by atoms with Crippen molar-refractivity contribution in [1.29, 1.82) is 0 Å². The van der Waals surface area contributed by atoms with E-state index in [0.717, 1.165) is 11.6 Å². The van der Waals surface area contributed by atoms with Crippen molar-refractivity contribution in [3.63, 3.8) is 0 Å². The third kappa shape index (κ3) is 4.92. The highest BCUT2D eigenvalue weighted by Gasteiger charge is 2.46. The van der Waals surface area contributed by atoms with Gasteiger partial charge in [-0.25, -0.2) is 0 Å².